The second-order valence-corrected chi connectivity index (χ2v) is 6.54. The first-order valence-corrected chi connectivity index (χ1v) is 7.83. The van der Waals surface area contributed by atoms with Crippen LogP contribution in [0.25, 0.3) is 10.4 Å². The van der Waals surface area contributed by atoms with Gasteiger partial charge < -0.3 is 4.74 Å². The van der Waals surface area contributed by atoms with Crippen molar-refractivity contribution >= 4 is 39.1 Å². The molecule has 0 fully saturated rings. The topological polar surface area (TPSA) is 60.4 Å². The number of benzene rings is 1. The molecule has 0 bridgehead atoms. The molecule has 2 aromatic rings. The molecule has 0 atom stereocenters. The summed E-state index contributed by atoms with van der Waals surface area (Å²) in [7, 11) is -3.90. The molecule has 0 amide bonds. The molecule has 1 aromatic heterocycles. The quantitative estimate of drug-likeness (QED) is 0.636. The van der Waals surface area contributed by atoms with Crippen LogP contribution in [0.1, 0.15) is 9.67 Å². The second-order valence-electron chi connectivity index (χ2n) is 3.74. The van der Waals surface area contributed by atoms with Crippen molar-refractivity contribution in [3.05, 3.63) is 40.2 Å². The van der Waals surface area contributed by atoms with Gasteiger partial charge in [0.25, 0.3) is 0 Å². The van der Waals surface area contributed by atoms with Crippen LogP contribution in [-0.2, 0) is 15.0 Å². The molecule has 106 valence electrons. The van der Waals surface area contributed by atoms with Crippen LogP contribution in [0, 0.1) is 0 Å². The summed E-state index contributed by atoms with van der Waals surface area (Å²) in [6.45, 7) is 0. The average Bonchev–Trinajstić information content (AvgIpc) is 2.83. The van der Waals surface area contributed by atoms with Crippen LogP contribution >= 0.6 is 22.9 Å². The summed E-state index contributed by atoms with van der Waals surface area (Å²) in [5, 5.41) is 0.511. The molecule has 0 saturated heterocycles. The van der Waals surface area contributed by atoms with Gasteiger partial charge in [-0.05, 0) is 23.8 Å². The highest BCUT2D eigenvalue weighted by Gasteiger charge is 2.26. The number of thiophene rings is 1. The lowest BCUT2D eigenvalue weighted by Crippen LogP contribution is -2.03. The Hall–Kier alpha value is -1.44. The molecule has 0 spiro atoms. The predicted octanol–water partition coefficient (Wildman–Crippen LogP) is 3.51. The monoisotopic (exact) mass is 334 g/mol. The van der Waals surface area contributed by atoms with Crippen molar-refractivity contribution in [1.82, 2.24) is 0 Å². The third-order valence-electron chi connectivity index (χ3n) is 2.46. The molecule has 0 aliphatic carbocycles. The first-order chi connectivity index (χ1) is 9.32. The molecular formula is C12H8ClFO4S2. The van der Waals surface area contributed by atoms with Gasteiger partial charge >= 0.3 is 16.2 Å². The van der Waals surface area contributed by atoms with Gasteiger partial charge in [0.1, 0.15) is 9.77 Å². The van der Waals surface area contributed by atoms with Crippen LogP contribution in [0.4, 0.5) is 3.89 Å². The Balaban J connectivity index is 2.60. The summed E-state index contributed by atoms with van der Waals surface area (Å²) in [5.41, 5.74) is 0.624. The van der Waals surface area contributed by atoms with E-state index in [1.54, 1.807) is 24.3 Å². The maximum atomic E-state index is 13.2. The smallest absolute Gasteiger partial charge is 0.349 e. The van der Waals surface area contributed by atoms with Crippen LogP contribution in [0.15, 0.2) is 35.2 Å². The van der Waals surface area contributed by atoms with Gasteiger partial charge in [0.15, 0.2) is 0 Å². The van der Waals surface area contributed by atoms with E-state index in [9.17, 15) is 17.1 Å². The Morgan fingerprint density at radius 2 is 1.90 bits per heavy atom. The number of ether oxygens (including phenoxy) is 1. The standard InChI is InChI=1S/C12H8ClFO4S2/c1-18-12(15)11-10(20(14,16)17)6-9(19-11)7-2-4-8(13)5-3-7/h2-6H,1H3. The van der Waals surface area contributed by atoms with E-state index in [0.29, 0.717) is 15.5 Å². The van der Waals surface area contributed by atoms with Crippen molar-refractivity contribution in [2.24, 2.45) is 0 Å². The molecule has 0 aliphatic rings. The average molecular weight is 335 g/mol. The molecule has 4 nitrogen and oxygen atoms in total. The van der Waals surface area contributed by atoms with E-state index in [1.165, 1.54) is 0 Å². The fraction of sp³-hybridized carbons (Fsp3) is 0.0833. The number of rotatable bonds is 3. The molecular weight excluding hydrogens is 327 g/mol. The van der Waals surface area contributed by atoms with Crippen molar-refractivity contribution in [2.75, 3.05) is 7.11 Å². The molecule has 8 heteroatoms. The lowest BCUT2D eigenvalue weighted by Gasteiger charge is -1.97. The molecule has 20 heavy (non-hydrogen) atoms. The number of carbonyl (C=O) groups excluding carboxylic acids is 1. The summed E-state index contributed by atoms with van der Waals surface area (Å²) < 4.78 is 39.8. The minimum absolute atomic E-state index is 0.292. The SMILES string of the molecule is COC(=O)c1sc(-c2ccc(Cl)cc2)cc1S(=O)(=O)F. The first kappa shape index (κ1) is 15.0. The number of hydrogen-bond donors (Lipinski definition) is 0. The van der Waals surface area contributed by atoms with Crippen LogP contribution in [0.2, 0.25) is 5.02 Å². The predicted molar refractivity (Wildman–Crippen MR) is 74.4 cm³/mol. The third-order valence-corrected chi connectivity index (χ3v) is 4.85. The maximum absolute atomic E-state index is 13.2. The normalized spacial score (nSPS) is 11.3. The first-order valence-electron chi connectivity index (χ1n) is 5.25. The third kappa shape index (κ3) is 3.00. The van der Waals surface area contributed by atoms with Crippen LogP contribution in [0.5, 0.6) is 0 Å². The Kier molecular flexibility index (Phi) is 4.12. The highest BCUT2D eigenvalue weighted by molar-refractivity contribution is 7.86. The molecule has 0 N–H and O–H groups in total. The van der Waals surface area contributed by atoms with E-state index in [1.807, 2.05) is 0 Å². The van der Waals surface area contributed by atoms with E-state index in [-0.39, 0.29) is 4.88 Å². The van der Waals surface area contributed by atoms with Gasteiger partial charge in [-0.15, -0.1) is 15.2 Å². The Morgan fingerprint density at radius 3 is 2.40 bits per heavy atom. The molecule has 2 rings (SSSR count). The van der Waals surface area contributed by atoms with Crippen molar-refractivity contribution in [2.45, 2.75) is 4.90 Å². The summed E-state index contributed by atoms with van der Waals surface area (Å²) in [6.07, 6.45) is 0. The van der Waals surface area contributed by atoms with Crippen molar-refractivity contribution in [3.63, 3.8) is 0 Å². The largest absolute Gasteiger partial charge is 0.465 e. The Morgan fingerprint density at radius 1 is 1.30 bits per heavy atom. The van der Waals surface area contributed by atoms with E-state index >= 15 is 0 Å². The summed E-state index contributed by atoms with van der Waals surface area (Å²) >= 11 is 6.60. The van der Waals surface area contributed by atoms with Crippen molar-refractivity contribution in [1.29, 1.82) is 0 Å². The fourth-order valence-corrected chi connectivity index (χ4v) is 3.71. The fourth-order valence-electron chi connectivity index (χ4n) is 1.55. The molecule has 1 heterocycles. The highest BCUT2D eigenvalue weighted by Crippen LogP contribution is 2.35. The van der Waals surface area contributed by atoms with Crippen molar-refractivity contribution < 1.29 is 21.8 Å². The van der Waals surface area contributed by atoms with Gasteiger partial charge in [0.2, 0.25) is 0 Å². The summed E-state index contributed by atoms with van der Waals surface area (Å²) in [5.74, 6) is -0.897. The lowest BCUT2D eigenvalue weighted by atomic mass is 10.2. The van der Waals surface area contributed by atoms with E-state index < -0.39 is 21.1 Å². The Bertz CT molecular complexity index is 750. The minimum Gasteiger partial charge on any atom is -0.465 e. The molecule has 0 aliphatic heterocycles. The molecule has 1 aromatic carbocycles. The van der Waals surface area contributed by atoms with Gasteiger partial charge in [-0.25, -0.2) is 4.79 Å². The number of halogens is 2. The maximum Gasteiger partial charge on any atom is 0.349 e. The van der Waals surface area contributed by atoms with Gasteiger partial charge in [0.05, 0.1) is 7.11 Å². The summed E-state index contributed by atoms with van der Waals surface area (Å²) in [4.78, 5) is 11.0. The lowest BCUT2D eigenvalue weighted by molar-refractivity contribution is 0.0602. The van der Waals surface area contributed by atoms with Gasteiger partial charge in [-0.3, -0.25) is 0 Å². The van der Waals surface area contributed by atoms with E-state index in [2.05, 4.69) is 4.74 Å². The zero-order valence-corrected chi connectivity index (χ0v) is 12.5. The molecule has 0 unspecified atom stereocenters. The zero-order valence-electron chi connectivity index (χ0n) is 10.1. The van der Waals surface area contributed by atoms with Gasteiger partial charge in [0, 0.05) is 9.90 Å². The molecule has 0 saturated carbocycles. The number of carbonyl (C=O) groups is 1. The van der Waals surface area contributed by atoms with Crippen molar-refractivity contribution in [3.8, 4) is 10.4 Å². The summed E-state index contributed by atoms with van der Waals surface area (Å²) in [6, 6.07) is 7.61. The van der Waals surface area contributed by atoms with Gasteiger partial charge in [-0.1, -0.05) is 23.7 Å². The number of esters is 1. The van der Waals surface area contributed by atoms with Gasteiger partial charge in [-0.2, -0.15) is 8.42 Å². The van der Waals surface area contributed by atoms with Crippen LogP contribution in [0.3, 0.4) is 0 Å². The van der Waals surface area contributed by atoms with Crippen LogP contribution in [-0.4, -0.2) is 21.5 Å². The molecule has 0 radical (unpaired) electrons. The van der Waals surface area contributed by atoms with E-state index in [4.69, 9.17) is 11.6 Å². The zero-order chi connectivity index (χ0) is 14.9. The van der Waals surface area contributed by atoms with E-state index in [0.717, 1.165) is 24.5 Å². The Labute approximate surface area is 124 Å². The van der Waals surface area contributed by atoms with Crippen LogP contribution < -0.4 is 0 Å². The highest BCUT2D eigenvalue weighted by atomic mass is 35.5. The second kappa shape index (κ2) is 5.51. The number of methoxy groups -OCH3 is 1. The minimum atomic E-state index is -5.00. The number of hydrogen-bond acceptors (Lipinski definition) is 5.